The molecule has 3 heterocycles. The van der Waals surface area contributed by atoms with Crippen LogP contribution in [-0.4, -0.2) is 68.7 Å². The molecular formula is C27H27N3O5. The van der Waals surface area contributed by atoms with Crippen molar-refractivity contribution in [3.05, 3.63) is 65.2 Å². The Hall–Kier alpha value is -3.36. The van der Waals surface area contributed by atoms with Crippen molar-refractivity contribution >= 4 is 17.5 Å². The maximum atomic E-state index is 13.5. The number of nitrogen functional groups attached to an aromatic ring is 1. The van der Waals surface area contributed by atoms with E-state index in [1.807, 2.05) is 12.1 Å². The van der Waals surface area contributed by atoms with Gasteiger partial charge in [0.05, 0.1) is 28.2 Å². The van der Waals surface area contributed by atoms with Crippen LogP contribution in [0.3, 0.4) is 0 Å². The summed E-state index contributed by atoms with van der Waals surface area (Å²) in [5.74, 6) is -0.341. The van der Waals surface area contributed by atoms with E-state index in [1.54, 1.807) is 24.3 Å². The van der Waals surface area contributed by atoms with E-state index < -0.39 is 23.2 Å². The molecule has 0 radical (unpaired) electrons. The number of amides is 2. The van der Waals surface area contributed by atoms with Gasteiger partial charge in [0, 0.05) is 23.8 Å². The number of anilines is 1. The van der Waals surface area contributed by atoms with Crippen molar-refractivity contribution in [3.8, 4) is 11.5 Å². The number of phenols is 1. The van der Waals surface area contributed by atoms with Gasteiger partial charge in [-0.3, -0.25) is 19.4 Å². The first-order chi connectivity index (χ1) is 16.8. The Labute approximate surface area is 202 Å². The number of nitrogens with two attached hydrogens (primary N) is 1. The van der Waals surface area contributed by atoms with E-state index in [-0.39, 0.29) is 23.6 Å². The number of carbonyl (C=O) groups excluding carboxylic acids is 2. The largest absolute Gasteiger partial charge is 0.504 e. The molecule has 5 aliphatic rings. The number of benzene rings is 2. The van der Waals surface area contributed by atoms with Crippen LogP contribution < -0.4 is 10.5 Å². The van der Waals surface area contributed by atoms with Crippen LogP contribution in [0.1, 0.15) is 51.1 Å². The molecule has 8 nitrogen and oxygen atoms in total. The number of carbonyl (C=O) groups is 2. The molecule has 2 fully saturated rings. The highest BCUT2D eigenvalue weighted by Crippen LogP contribution is 2.66. The summed E-state index contributed by atoms with van der Waals surface area (Å²) in [7, 11) is 0. The summed E-state index contributed by atoms with van der Waals surface area (Å²) in [6.45, 7) is 5.29. The predicted molar refractivity (Wildman–Crippen MR) is 127 cm³/mol. The topological polar surface area (TPSA) is 116 Å². The molecule has 2 bridgehead atoms. The van der Waals surface area contributed by atoms with Crippen LogP contribution in [0.15, 0.2) is 43.0 Å². The highest BCUT2D eigenvalue weighted by atomic mass is 16.5. The van der Waals surface area contributed by atoms with Gasteiger partial charge in [-0.05, 0) is 62.1 Å². The number of piperidine rings is 1. The summed E-state index contributed by atoms with van der Waals surface area (Å²) < 4.78 is 6.49. The maximum Gasteiger partial charge on any atom is 0.262 e. The standard InChI is InChI=1S/C27H27N3O5/c1-2-10-29-11-9-26-21-14-3-6-19(31)22(21)35-23(26)18(7-8-27(26,34)20(29)12-14)30-24(32)16-5-4-15(28)13-17(16)25(30)33/h2-6,13,18,20,23,31,34H,1,7-12,28H2/t18-,20+,23+,26+,27-/m1/s1. The number of phenolic OH excluding ortho intramolecular Hbond substituents is 1. The molecule has 1 spiro atoms. The maximum absolute atomic E-state index is 13.5. The van der Waals surface area contributed by atoms with Crippen molar-refractivity contribution in [2.24, 2.45) is 0 Å². The van der Waals surface area contributed by atoms with Crippen molar-refractivity contribution in [3.63, 3.8) is 0 Å². The summed E-state index contributed by atoms with van der Waals surface area (Å²) in [6, 6.07) is 7.60. The summed E-state index contributed by atoms with van der Waals surface area (Å²) in [5.41, 5.74) is 6.91. The minimum atomic E-state index is -1.12. The molecule has 2 amide bonds. The molecule has 1 saturated heterocycles. The van der Waals surface area contributed by atoms with Gasteiger partial charge in [-0.15, -0.1) is 6.58 Å². The zero-order valence-electron chi connectivity index (χ0n) is 19.2. The van der Waals surface area contributed by atoms with Crippen molar-refractivity contribution < 1.29 is 24.5 Å². The zero-order valence-corrected chi connectivity index (χ0v) is 19.2. The fourth-order valence-electron chi connectivity index (χ4n) is 7.83. The highest BCUT2D eigenvalue weighted by molar-refractivity contribution is 6.22. The van der Waals surface area contributed by atoms with Gasteiger partial charge in [-0.1, -0.05) is 12.1 Å². The third-order valence-electron chi connectivity index (χ3n) is 9.18. The van der Waals surface area contributed by atoms with Gasteiger partial charge in [-0.25, -0.2) is 0 Å². The number of aliphatic hydroxyl groups is 1. The summed E-state index contributed by atoms with van der Waals surface area (Å²) in [6.07, 6.45) is 3.26. The minimum Gasteiger partial charge on any atom is -0.504 e. The molecule has 0 unspecified atom stereocenters. The number of hydrogen-bond acceptors (Lipinski definition) is 7. The van der Waals surface area contributed by atoms with Crippen molar-refractivity contribution in [1.29, 1.82) is 0 Å². The Morgan fingerprint density at radius 2 is 1.97 bits per heavy atom. The Balaban J connectivity index is 1.39. The van der Waals surface area contributed by atoms with Crippen LogP contribution in [0.4, 0.5) is 5.69 Å². The van der Waals surface area contributed by atoms with Crippen LogP contribution >= 0.6 is 0 Å². The monoisotopic (exact) mass is 473 g/mol. The molecule has 35 heavy (non-hydrogen) atoms. The quantitative estimate of drug-likeness (QED) is 0.355. The van der Waals surface area contributed by atoms with Crippen LogP contribution in [0.2, 0.25) is 0 Å². The van der Waals surface area contributed by atoms with E-state index in [1.165, 1.54) is 4.90 Å². The molecule has 1 saturated carbocycles. The van der Waals surface area contributed by atoms with Gasteiger partial charge in [-0.2, -0.15) is 0 Å². The number of hydrogen-bond donors (Lipinski definition) is 3. The second kappa shape index (κ2) is 6.65. The third kappa shape index (κ3) is 2.30. The Bertz CT molecular complexity index is 1340. The van der Waals surface area contributed by atoms with E-state index in [2.05, 4.69) is 11.5 Å². The zero-order chi connectivity index (χ0) is 24.3. The number of imide groups is 1. The van der Waals surface area contributed by atoms with Gasteiger partial charge >= 0.3 is 0 Å². The van der Waals surface area contributed by atoms with E-state index in [9.17, 15) is 19.8 Å². The lowest BCUT2D eigenvalue weighted by molar-refractivity contribution is -0.194. The minimum absolute atomic E-state index is 0.0238. The first-order valence-corrected chi connectivity index (χ1v) is 12.2. The number of likely N-dealkylation sites (tertiary alicyclic amines) is 1. The number of aromatic hydroxyl groups is 1. The lowest BCUT2D eigenvalue weighted by Gasteiger charge is -2.64. The van der Waals surface area contributed by atoms with Gasteiger partial charge in [0.1, 0.15) is 6.10 Å². The third-order valence-corrected chi connectivity index (χ3v) is 9.18. The first-order valence-electron chi connectivity index (χ1n) is 12.2. The molecule has 5 atom stereocenters. The lowest BCUT2D eigenvalue weighted by atomic mass is 9.48. The van der Waals surface area contributed by atoms with E-state index in [0.29, 0.717) is 54.8 Å². The molecular weight excluding hydrogens is 446 g/mol. The van der Waals surface area contributed by atoms with E-state index >= 15 is 0 Å². The second-order valence-electron chi connectivity index (χ2n) is 10.5. The first kappa shape index (κ1) is 21.0. The fourth-order valence-corrected chi connectivity index (χ4v) is 7.83. The Morgan fingerprint density at radius 1 is 1.17 bits per heavy atom. The molecule has 8 heteroatoms. The van der Waals surface area contributed by atoms with Crippen LogP contribution in [0.25, 0.3) is 0 Å². The smallest absolute Gasteiger partial charge is 0.262 e. The van der Waals surface area contributed by atoms with Gasteiger partial charge in [0.2, 0.25) is 0 Å². The average Bonchev–Trinajstić information content (AvgIpc) is 3.30. The SMILES string of the molecule is C=CCN1CC[C@]23c4c5ccc(O)c4O[C@H]2[C@H](N2C(=O)c4ccc(N)cc4C2=O)CC[C@@]3(O)[C@@H]1C5. The highest BCUT2D eigenvalue weighted by Gasteiger charge is 2.74. The fraction of sp³-hybridized carbons (Fsp3) is 0.407. The average molecular weight is 474 g/mol. The van der Waals surface area contributed by atoms with Crippen LogP contribution in [-0.2, 0) is 11.8 Å². The summed E-state index contributed by atoms with van der Waals surface area (Å²) in [5, 5.41) is 23.2. The van der Waals surface area contributed by atoms with Crippen molar-refractivity contribution in [2.75, 3.05) is 18.8 Å². The predicted octanol–water partition coefficient (Wildman–Crippen LogP) is 1.98. The lowest BCUT2D eigenvalue weighted by Crippen LogP contribution is -2.78. The molecule has 0 aromatic heterocycles. The normalized spacial score (nSPS) is 34.4. The Morgan fingerprint density at radius 3 is 2.77 bits per heavy atom. The van der Waals surface area contributed by atoms with E-state index in [0.717, 1.165) is 17.7 Å². The van der Waals surface area contributed by atoms with Crippen LogP contribution in [0, 0.1) is 0 Å². The number of nitrogens with zero attached hydrogens (tertiary/aromatic N) is 2. The van der Waals surface area contributed by atoms with Crippen molar-refractivity contribution in [2.45, 2.75) is 54.9 Å². The molecule has 2 aromatic carbocycles. The molecule has 3 aliphatic heterocycles. The van der Waals surface area contributed by atoms with E-state index in [4.69, 9.17) is 10.5 Å². The van der Waals surface area contributed by atoms with Gasteiger partial charge in [0.15, 0.2) is 11.5 Å². The van der Waals surface area contributed by atoms with Gasteiger partial charge in [0.25, 0.3) is 11.8 Å². The van der Waals surface area contributed by atoms with Crippen molar-refractivity contribution in [1.82, 2.24) is 9.80 Å². The van der Waals surface area contributed by atoms with Crippen LogP contribution in [0.5, 0.6) is 11.5 Å². The molecule has 2 aliphatic carbocycles. The molecule has 2 aromatic rings. The van der Waals surface area contributed by atoms with Gasteiger partial charge < -0.3 is 20.7 Å². The summed E-state index contributed by atoms with van der Waals surface area (Å²) >= 11 is 0. The summed E-state index contributed by atoms with van der Waals surface area (Å²) in [4.78, 5) is 30.6. The Kier molecular flexibility index (Phi) is 3.98. The number of fused-ring (bicyclic) bond motifs is 1. The number of rotatable bonds is 3. The molecule has 7 rings (SSSR count). The molecule has 180 valence electrons. The molecule has 4 N–H and O–H groups in total. The second-order valence-corrected chi connectivity index (χ2v) is 10.5. The number of ether oxygens (including phenoxy) is 1.